The van der Waals surface area contributed by atoms with E-state index in [-0.39, 0.29) is 17.2 Å². The molecule has 0 aliphatic carbocycles. The Morgan fingerprint density at radius 3 is 2.48 bits per heavy atom. The van der Waals surface area contributed by atoms with Crippen LogP contribution in [0, 0.1) is 0 Å². The van der Waals surface area contributed by atoms with Gasteiger partial charge in [0.1, 0.15) is 5.82 Å². The summed E-state index contributed by atoms with van der Waals surface area (Å²) in [5.74, 6) is 1.45. The highest BCUT2D eigenvalue weighted by Gasteiger charge is 2.43. The summed E-state index contributed by atoms with van der Waals surface area (Å²) in [4.78, 5) is 19.5. The van der Waals surface area contributed by atoms with Crippen LogP contribution in [0.4, 0.5) is 5.82 Å². The predicted molar refractivity (Wildman–Crippen MR) is 128 cm³/mol. The number of nitrogens with zero attached hydrogens (tertiary/aromatic N) is 4. The highest BCUT2D eigenvalue weighted by atomic mass is 35.5. The molecule has 0 saturated carbocycles. The number of unbranched alkanes of at least 4 members (excludes halogenated alkanes) is 1. The minimum Gasteiger partial charge on any atom is -0.353 e. The summed E-state index contributed by atoms with van der Waals surface area (Å²) in [6.07, 6.45) is 2.24. The van der Waals surface area contributed by atoms with Crippen molar-refractivity contribution >= 4 is 57.5 Å². The van der Waals surface area contributed by atoms with Crippen LogP contribution < -0.4 is 4.90 Å². The van der Waals surface area contributed by atoms with Gasteiger partial charge in [-0.3, -0.25) is 9.69 Å². The Hall–Kier alpha value is -1.02. The fourth-order valence-electron chi connectivity index (χ4n) is 4.24. The van der Waals surface area contributed by atoms with Gasteiger partial charge in [0.05, 0.1) is 14.8 Å². The summed E-state index contributed by atoms with van der Waals surface area (Å²) in [5.41, 5.74) is 0. The second-order valence-corrected chi connectivity index (χ2v) is 11.0. The average Bonchev–Trinajstić information content (AvgIpc) is 3.19. The number of thioether (sulfide) groups is 1. The Morgan fingerprint density at radius 2 is 1.79 bits per heavy atom. The van der Waals surface area contributed by atoms with Gasteiger partial charge in [0.2, 0.25) is 5.91 Å². The van der Waals surface area contributed by atoms with Crippen LogP contribution in [0.5, 0.6) is 0 Å². The van der Waals surface area contributed by atoms with Gasteiger partial charge in [0.25, 0.3) is 0 Å². The number of fused-ring (bicyclic) bond motifs is 1. The molecule has 1 aromatic carbocycles. The van der Waals surface area contributed by atoms with Crippen molar-refractivity contribution in [2.45, 2.75) is 43.7 Å². The normalized spacial score (nSPS) is 22.3. The molecule has 0 spiro atoms. The first kappa shape index (κ1) is 22.7. The number of hydrogen-bond donors (Lipinski definition) is 0. The lowest BCUT2D eigenvalue weighted by Gasteiger charge is -2.35. The zero-order valence-corrected chi connectivity index (χ0v) is 19.9. The Bertz CT molecular complexity index is 835. The fraction of sp³-hybridized carbons (Fsp3) is 0.619. The third kappa shape index (κ3) is 4.84. The standard InChI is InChI=1S/C21H30N4OS2.ClH/c1-16-25(20(26)21(2,3)27-16)11-7-6-10-23-12-14-24(15-13-23)19-17-8-4-5-9-18(17)28-22-19;/h4-5,8-9,16H,6-7,10-15H2,1-3H3;1H. The zero-order valence-electron chi connectivity index (χ0n) is 17.5. The van der Waals surface area contributed by atoms with Crippen molar-refractivity contribution in [2.75, 3.05) is 44.2 Å². The predicted octanol–water partition coefficient (Wildman–Crippen LogP) is 4.32. The molecule has 1 aromatic heterocycles. The third-order valence-electron chi connectivity index (χ3n) is 5.83. The summed E-state index contributed by atoms with van der Waals surface area (Å²) in [7, 11) is 0. The summed E-state index contributed by atoms with van der Waals surface area (Å²) < 4.78 is 5.72. The first-order chi connectivity index (χ1) is 13.5. The van der Waals surface area contributed by atoms with Gasteiger partial charge in [-0.2, -0.15) is 4.37 Å². The number of aromatic nitrogens is 1. The van der Waals surface area contributed by atoms with Gasteiger partial charge in [-0.25, -0.2) is 0 Å². The number of carbonyl (C=O) groups is 1. The number of halogens is 1. The molecule has 4 rings (SSSR count). The van der Waals surface area contributed by atoms with Crippen molar-refractivity contribution in [2.24, 2.45) is 0 Å². The van der Waals surface area contributed by atoms with Crippen molar-refractivity contribution in [1.82, 2.24) is 14.2 Å². The summed E-state index contributed by atoms with van der Waals surface area (Å²) >= 11 is 3.38. The van der Waals surface area contributed by atoms with Crippen LogP contribution in [0.1, 0.15) is 33.6 Å². The van der Waals surface area contributed by atoms with Crippen LogP contribution in [-0.4, -0.2) is 69.5 Å². The van der Waals surface area contributed by atoms with Gasteiger partial charge < -0.3 is 9.80 Å². The highest BCUT2D eigenvalue weighted by Crippen LogP contribution is 2.40. The number of anilines is 1. The van der Waals surface area contributed by atoms with Crippen molar-refractivity contribution in [3.8, 4) is 0 Å². The van der Waals surface area contributed by atoms with E-state index >= 15 is 0 Å². The van der Waals surface area contributed by atoms with Crippen LogP contribution in [0.2, 0.25) is 0 Å². The lowest BCUT2D eigenvalue weighted by Crippen LogP contribution is -2.47. The molecule has 5 nitrogen and oxygen atoms in total. The maximum absolute atomic E-state index is 12.5. The van der Waals surface area contributed by atoms with E-state index in [0.29, 0.717) is 11.3 Å². The number of carbonyl (C=O) groups excluding carboxylic acids is 1. The van der Waals surface area contributed by atoms with Crippen LogP contribution in [-0.2, 0) is 4.79 Å². The molecule has 2 fully saturated rings. The van der Waals surface area contributed by atoms with Gasteiger partial charge in [0.15, 0.2) is 0 Å². The van der Waals surface area contributed by atoms with E-state index in [2.05, 4.69) is 45.9 Å². The van der Waals surface area contributed by atoms with Gasteiger partial charge in [-0.1, -0.05) is 12.1 Å². The molecule has 0 N–H and O–H groups in total. The van der Waals surface area contributed by atoms with E-state index in [1.54, 1.807) is 23.3 Å². The Kier molecular flexibility index (Phi) is 7.36. The quantitative estimate of drug-likeness (QED) is 0.608. The number of hydrogen-bond acceptors (Lipinski definition) is 6. The molecule has 1 amide bonds. The number of piperazine rings is 1. The molecule has 1 atom stereocenters. The molecule has 2 aliphatic heterocycles. The van der Waals surface area contributed by atoms with Gasteiger partial charge in [0, 0.05) is 38.1 Å². The third-order valence-corrected chi connectivity index (χ3v) is 8.01. The van der Waals surface area contributed by atoms with Gasteiger partial charge in [-0.05, 0) is 63.8 Å². The maximum Gasteiger partial charge on any atom is 0.239 e. The molecule has 160 valence electrons. The smallest absolute Gasteiger partial charge is 0.239 e. The molecular formula is C21H31ClN4OS2. The Balaban J connectivity index is 0.00000240. The molecule has 2 saturated heterocycles. The van der Waals surface area contributed by atoms with E-state index in [1.807, 2.05) is 13.8 Å². The van der Waals surface area contributed by atoms with Crippen LogP contribution >= 0.6 is 35.7 Å². The van der Waals surface area contributed by atoms with E-state index in [4.69, 9.17) is 4.37 Å². The SMILES string of the molecule is CC1SC(C)(C)C(=O)N1CCCCN1CCN(c2nsc3ccccc23)CC1.Cl. The molecule has 0 bridgehead atoms. The minimum atomic E-state index is -0.254. The average molecular weight is 455 g/mol. The molecule has 0 radical (unpaired) electrons. The summed E-state index contributed by atoms with van der Waals surface area (Å²) in [6, 6.07) is 8.51. The van der Waals surface area contributed by atoms with E-state index < -0.39 is 0 Å². The molecular weight excluding hydrogens is 424 g/mol. The zero-order chi connectivity index (χ0) is 19.7. The molecule has 2 aromatic rings. The van der Waals surface area contributed by atoms with E-state index in [9.17, 15) is 4.79 Å². The summed E-state index contributed by atoms with van der Waals surface area (Å²) in [6.45, 7) is 12.5. The van der Waals surface area contributed by atoms with Crippen molar-refractivity contribution in [3.63, 3.8) is 0 Å². The van der Waals surface area contributed by atoms with E-state index in [0.717, 1.165) is 57.9 Å². The maximum atomic E-state index is 12.5. The van der Waals surface area contributed by atoms with Crippen molar-refractivity contribution in [3.05, 3.63) is 24.3 Å². The first-order valence-electron chi connectivity index (χ1n) is 10.3. The van der Waals surface area contributed by atoms with Crippen molar-refractivity contribution in [1.29, 1.82) is 0 Å². The second-order valence-electron chi connectivity index (χ2n) is 8.26. The van der Waals surface area contributed by atoms with Crippen LogP contribution in [0.25, 0.3) is 10.1 Å². The van der Waals surface area contributed by atoms with Crippen molar-refractivity contribution < 1.29 is 4.79 Å². The second kappa shape index (κ2) is 9.41. The lowest BCUT2D eigenvalue weighted by atomic mass is 10.1. The van der Waals surface area contributed by atoms with E-state index in [1.165, 1.54) is 10.1 Å². The topological polar surface area (TPSA) is 39.7 Å². The molecule has 29 heavy (non-hydrogen) atoms. The Labute approximate surface area is 188 Å². The number of amides is 1. The largest absolute Gasteiger partial charge is 0.353 e. The van der Waals surface area contributed by atoms with Crippen LogP contribution in [0.3, 0.4) is 0 Å². The first-order valence-corrected chi connectivity index (χ1v) is 11.9. The molecule has 8 heteroatoms. The highest BCUT2D eigenvalue weighted by molar-refractivity contribution is 8.02. The lowest BCUT2D eigenvalue weighted by molar-refractivity contribution is -0.131. The monoisotopic (exact) mass is 454 g/mol. The summed E-state index contributed by atoms with van der Waals surface area (Å²) in [5, 5.41) is 1.59. The number of rotatable bonds is 6. The molecule has 1 unspecified atom stereocenters. The van der Waals surface area contributed by atoms with Crippen LogP contribution in [0.15, 0.2) is 24.3 Å². The van der Waals surface area contributed by atoms with Gasteiger partial charge >= 0.3 is 0 Å². The fourth-order valence-corrected chi connectivity index (χ4v) is 6.43. The van der Waals surface area contributed by atoms with Gasteiger partial charge in [-0.15, -0.1) is 24.2 Å². The molecule has 2 aliphatic rings. The minimum absolute atomic E-state index is 0. The number of benzene rings is 1. The Morgan fingerprint density at radius 1 is 1.10 bits per heavy atom. The molecule has 3 heterocycles.